The minimum absolute atomic E-state index is 0.178. The van der Waals surface area contributed by atoms with Crippen molar-refractivity contribution in [2.75, 3.05) is 13.6 Å². The fourth-order valence-corrected chi connectivity index (χ4v) is 2.11. The normalized spacial score (nSPS) is 12.1. The van der Waals surface area contributed by atoms with Gasteiger partial charge in [-0.1, -0.05) is 19.1 Å². The van der Waals surface area contributed by atoms with Gasteiger partial charge < -0.3 is 10.6 Å². The van der Waals surface area contributed by atoms with Gasteiger partial charge in [0, 0.05) is 19.3 Å². The van der Waals surface area contributed by atoms with E-state index in [1.54, 1.807) is 24.0 Å². The van der Waals surface area contributed by atoms with Gasteiger partial charge >= 0.3 is 0 Å². The zero-order valence-corrected chi connectivity index (χ0v) is 12.8. The fourth-order valence-electron chi connectivity index (χ4n) is 2.11. The van der Waals surface area contributed by atoms with Crippen LogP contribution >= 0.6 is 0 Å². The molecule has 0 aliphatic heterocycles. The summed E-state index contributed by atoms with van der Waals surface area (Å²) < 4.78 is 1.71. The van der Waals surface area contributed by atoms with E-state index in [2.05, 4.69) is 41.7 Å². The summed E-state index contributed by atoms with van der Waals surface area (Å²) in [7, 11) is 1.60. The molecule has 0 bridgehead atoms. The molecular formula is C16H22N4O. The van der Waals surface area contributed by atoms with Gasteiger partial charge in [0.2, 0.25) is 0 Å². The Bertz CT molecular complexity index is 589. The minimum Gasteiger partial charge on any atom is -0.354 e. The second kappa shape index (κ2) is 7.04. The van der Waals surface area contributed by atoms with E-state index in [1.165, 1.54) is 5.56 Å². The topological polar surface area (TPSA) is 59.0 Å². The van der Waals surface area contributed by atoms with Crippen molar-refractivity contribution in [1.29, 1.82) is 0 Å². The van der Waals surface area contributed by atoms with Crippen molar-refractivity contribution in [1.82, 2.24) is 20.4 Å². The molecule has 0 saturated heterocycles. The first-order valence-electron chi connectivity index (χ1n) is 7.27. The highest BCUT2D eigenvalue weighted by Crippen LogP contribution is 2.15. The maximum atomic E-state index is 11.5. The fraction of sp³-hybridized carbons (Fsp3) is 0.375. The van der Waals surface area contributed by atoms with E-state index in [1.807, 2.05) is 12.1 Å². The van der Waals surface area contributed by atoms with E-state index < -0.39 is 0 Å². The first-order valence-corrected chi connectivity index (χ1v) is 7.27. The van der Waals surface area contributed by atoms with Crippen LogP contribution in [0.25, 0.3) is 5.69 Å². The maximum absolute atomic E-state index is 11.5. The molecule has 0 radical (unpaired) electrons. The molecule has 1 heterocycles. The van der Waals surface area contributed by atoms with Crippen LogP contribution in [0.1, 0.15) is 42.4 Å². The van der Waals surface area contributed by atoms with Gasteiger partial charge in [-0.2, -0.15) is 5.10 Å². The monoisotopic (exact) mass is 286 g/mol. The molecule has 1 aromatic heterocycles. The standard InChI is InChI=1S/C16H22N4O/c1-4-10-18-12(2)13-5-7-14(8-6-13)20-11-9-15(19-20)16(21)17-3/h5-9,11-12,18H,4,10H2,1-3H3,(H,17,21). The molecule has 5 heteroatoms. The van der Waals surface area contributed by atoms with Crippen molar-refractivity contribution in [2.24, 2.45) is 0 Å². The molecule has 1 amide bonds. The number of carbonyl (C=O) groups is 1. The van der Waals surface area contributed by atoms with Crippen LogP contribution in [0, 0.1) is 0 Å². The molecule has 1 aromatic carbocycles. The molecule has 0 saturated carbocycles. The number of hydrogen-bond acceptors (Lipinski definition) is 3. The molecule has 2 N–H and O–H groups in total. The highest BCUT2D eigenvalue weighted by molar-refractivity contribution is 5.91. The summed E-state index contributed by atoms with van der Waals surface area (Å²) in [6.45, 7) is 5.32. The molecule has 0 aliphatic carbocycles. The van der Waals surface area contributed by atoms with Crippen LogP contribution in [0.5, 0.6) is 0 Å². The molecule has 5 nitrogen and oxygen atoms in total. The van der Waals surface area contributed by atoms with E-state index in [9.17, 15) is 4.79 Å². The Balaban J connectivity index is 2.11. The predicted octanol–water partition coefficient (Wildman–Crippen LogP) is 2.29. The summed E-state index contributed by atoms with van der Waals surface area (Å²) in [5.74, 6) is -0.178. The molecule has 2 rings (SSSR count). The number of rotatable bonds is 6. The lowest BCUT2D eigenvalue weighted by molar-refractivity contribution is 0.0957. The van der Waals surface area contributed by atoms with Crippen molar-refractivity contribution in [2.45, 2.75) is 26.3 Å². The van der Waals surface area contributed by atoms with Gasteiger partial charge in [-0.05, 0) is 43.7 Å². The average Bonchev–Trinajstić information content (AvgIpc) is 3.02. The van der Waals surface area contributed by atoms with Crippen LogP contribution in [0.3, 0.4) is 0 Å². The second-order valence-corrected chi connectivity index (χ2v) is 4.99. The Kier molecular flexibility index (Phi) is 5.11. The van der Waals surface area contributed by atoms with Crippen LogP contribution in [0.2, 0.25) is 0 Å². The zero-order valence-electron chi connectivity index (χ0n) is 12.8. The molecule has 1 unspecified atom stereocenters. The van der Waals surface area contributed by atoms with Crippen LogP contribution < -0.4 is 10.6 Å². The lowest BCUT2D eigenvalue weighted by Gasteiger charge is -2.14. The lowest BCUT2D eigenvalue weighted by Crippen LogP contribution is -2.19. The highest BCUT2D eigenvalue weighted by atomic mass is 16.1. The van der Waals surface area contributed by atoms with Crippen molar-refractivity contribution in [3.63, 3.8) is 0 Å². The molecule has 1 atom stereocenters. The Morgan fingerprint density at radius 2 is 2.00 bits per heavy atom. The summed E-state index contributed by atoms with van der Waals surface area (Å²) in [6.07, 6.45) is 2.91. The van der Waals surface area contributed by atoms with Crippen molar-refractivity contribution < 1.29 is 4.79 Å². The molecule has 2 aromatic rings. The van der Waals surface area contributed by atoms with Crippen molar-refractivity contribution in [3.8, 4) is 5.69 Å². The van der Waals surface area contributed by atoms with Crippen LogP contribution in [-0.4, -0.2) is 29.3 Å². The van der Waals surface area contributed by atoms with Crippen LogP contribution in [0.4, 0.5) is 0 Å². The predicted molar refractivity (Wildman–Crippen MR) is 83.7 cm³/mol. The van der Waals surface area contributed by atoms with E-state index in [0.29, 0.717) is 11.7 Å². The smallest absolute Gasteiger partial charge is 0.271 e. The summed E-state index contributed by atoms with van der Waals surface area (Å²) in [5, 5.41) is 10.3. The number of hydrogen-bond donors (Lipinski definition) is 2. The Morgan fingerprint density at radius 3 is 2.62 bits per heavy atom. The van der Waals surface area contributed by atoms with Gasteiger partial charge in [0.15, 0.2) is 5.69 Å². The number of benzene rings is 1. The summed E-state index contributed by atoms with van der Waals surface area (Å²) in [5.41, 5.74) is 2.60. The SMILES string of the molecule is CCCNC(C)c1ccc(-n2ccc(C(=O)NC)n2)cc1. The Labute approximate surface area is 125 Å². The maximum Gasteiger partial charge on any atom is 0.271 e. The second-order valence-electron chi connectivity index (χ2n) is 4.99. The third-order valence-corrected chi connectivity index (χ3v) is 3.41. The lowest BCUT2D eigenvalue weighted by atomic mass is 10.1. The van der Waals surface area contributed by atoms with Gasteiger partial charge in [0.05, 0.1) is 5.69 Å². The number of nitrogens with one attached hydrogen (secondary N) is 2. The summed E-state index contributed by atoms with van der Waals surface area (Å²) in [6, 6.07) is 10.2. The summed E-state index contributed by atoms with van der Waals surface area (Å²) >= 11 is 0. The van der Waals surface area contributed by atoms with Gasteiger partial charge in [-0.3, -0.25) is 4.79 Å². The Morgan fingerprint density at radius 1 is 1.29 bits per heavy atom. The van der Waals surface area contributed by atoms with Gasteiger partial charge in [-0.25, -0.2) is 4.68 Å². The molecule has 0 aliphatic rings. The average molecular weight is 286 g/mol. The van der Waals surface area contributed by atoms with Crippen LogP contribution in [0.15, 0.2) is 36.5 Å². The van der Waals surface area contributed by atoms with Gasteiger partial charge in [0.1, 0.15) is 0 Å². The number of aromatic nitrogens is 2. The van der Waals surface area contributed by atoms with Gasteiger partial charge in [0.25, 0.3) is 5.91 Å². The number of nitrogens with zero attached hydrogens (tertiary/aromatic N) is 2. The van der Waals surface area contributed by atoms with E-state index in [4.69, 9.17) is 0 Å². The highest BCUT2D eigenvalue weighted by Gasteiger charge is 2.09. The molecule has 0 fully saturated rings. The van der Waals surface area contributed by atoms with E-state index in [0.717, 1.165) is 18.7 Å². The molecule has 0 spiro atoms. The largest absolute Gasteiger partial charge is 0.354 e. The molecule has 21 heavy (non-hydrogen) atoms. The number of carbonyl (C=O) groups excluding carboxylic acids is 1. The molecular weight excluding hydrogens is 264 g/mol. The third kappa shape index (κ3) is 3.70. The number of amides is 1. The first-order chi connectivity index (χ1) is 10.2. The van der Waals surface area contributed by atoms with Crippen molar-refractivity contribution in [3.05, 3.63) is 47.8 Å². The van der Waals surface area contributed by atoms with E-state index in [-0.39, 0.29) is 5.91 Å². The minimum atomic E-state index is -0.178. The first kappa shape index (κ1) is 15.3. The molecule has 112 valence electrons. The Hall–Kier alpha value is -2.14. The summed E-state index contributed by atoms with van der Waals surface area (Å²) in [4.78, 5) is 11.5. The van der Waals surface area contributed by atoms with Crippen LogP contribution in [-0.2, 0) is 0 Å². The van der Waals surface area contributed by atoms with E-state index >= 15 is 0 Å². The van der Waals surface area contributed by atoms with Gasteiger partial charge in [-0.15, -0.1) is 0 Å². The quantitative estimate of drug-likeness (QED) is 0.856. The van der Waals surface area contributed by atoms with Crippen molar-refractivity contribution >= 4 is 5.91 Å². The zero-order chi connectivity index (χ0) is 15.2. The third-order valence-electron chi connectivity index (χ3n) is 3.41.